The van der Waals surface area contributed by atoms with Crippen molar-refractivity contribution in [3.63, 3.8) is 0 Å². The van der Waals surface area contributed by atoms with Crippen molar-refractivity contribution in [3.05, 3.63) is 180 Å². The van der Waals surface area contributed by atoms with Crippen LogP contribution in [0.1, 0.15) is 41.4 Å². The van der Waals surface area contributed by atoms with Crippen LogP contribution in [0.5, 0.6) is 0 Å². The van der Waals surface area contributed by atoms with Crippen molar-refractivity contribution in [1.82, 2.24) is 0 Å². The molecular formula is C46H30O8. The van der Waals surface area contributed by atoms with Gasteiger partial charge in [0.25, 0.3) is 0 Å². The Labute approximate surface area is 309 Å². The van der Waals surface area contributed by atoms with E-state index >= 15 is 0 Å². The maximum Gasteiger partial charge on any atom is 0.335 e. The number of hydrogen-bond donors (Lipinski definition) is 4. The van der Waals surface area contributed by atoms with Crippen molar-refractivity contribution >= 4 is 23.9 Å². The minimum absolute atomic E-state index is 0.178. The van der Waals surface area contributed by atoms with Gasteiger partial charge in [0.1, 0.15) is 0 Å². The lowest BCUT2D eigenvalue weighted by atomic mass is 9.90. The van der Waals surface area contributed by atoms with E-state index in [1.54, 1.807) is 97.1 Å². The number of aromatic carboxylic acids is 4. The Morgan fingerprint density at radius 3 is 0.481 bits per heavy atom. The van der Waals surface area contributed by atoms with Crippen LogP contribution in [0.25, 0.3) is 66.8 Å². The molecule has 4 N–H and O–H groups in total. The first-order chi connectivity index (χ1) is 26.0. The fourth-order valence-electron chi connectivity index (χ4n) is 6.33. The lowest BCUT2D eigenvalue weighted by molar-refractivity contribution is 0.0686. The summed E-state index contributed by atoms with van der Waals surface area (Å²) < 4.78 is 0. The Kier molecular flexibility index (Phi) is 9.41. The van der Waals surface area contributed by atoms with Gasteiger partial charge in [-0.25, -0.2) is 19.2 Å². The van der Waals surface area contributed by atoms with Crippen molar-refractivity contribution in [2.75, 3.05) is 0 Å². The second kappa shape index (κ2) is 14.6. The lowest BCUT2D eigenvalue weighted by Gasteiger charge is -2.14. The number of carboxylic acid groups (broad SMARTS) is 4. The van der Waals surface area contributed by atoms with Gasteiger partial charge >= 0.3 is 23.9 Å². The Morgan fingerprint density at radius 1 is 0.222 bits per heavy atom. The van der Waals surface area contributed by atoms with Gasteiger partial charge in [-0.15, -0.1) is 0 Å². The average molecular weight is 711 g/mol. The maximum atomic E-state index is 11.5. The van der Waals surface area contributed by atoms with Gasteiger partial charge < -0.3 is 20.4 Å². The predicted molar refractivity (Wildman–Crippen MR) is 207 cm³/mol. The summed E-state index contributed by atoms with van der Waals surface area (Å²) in [4.78, 5) is 46.0. The summed E-state index contributed by atoms with van der Waals surface area (Å²) >= 11 is 0. The molecule has 7 aromatic rings. The molecule has 0 unspecified atom stereocenters. The first-order valence-electron chi connectivity index (χ1n) is 16.8. The molecule has 0 aromatic heterocycles. The van der Waals surface area contributed by atoms with Crippen LogP contribution < -0.4 is 0 Å². The molecule has 0 aliphatic rings. The van der Waals surface area contributed by atoms with Gasteiger partial charge in [0.2, 0.25) is 0 Å². The Balaban J connectivity index is 1.30. The van der Waals surface area contributed by atoms with Crippen LogP contribution in [-0.4, -0.2) is 44.3 Å². The minimum atomic E-state index is -1.01. The quantitative estimate of drug-likeness (QED) is 0.110. The molecule has 0 heterocycles. The van der Waals surface area contributed by atoms with E-state index in [-0.39, 0.29) is 22.3 Å². The summed E-state index contributed by atoms with van der Waals surface area (Å²) in [5.41, 5.74) is 11.0. The van der Waals surface area contributed by atoms with Crippen molar-refractivity contribution in [2.45, 2.75) is 0 Å². The summed E-state index contributed by atoms with van der Waals surface area (Å²) in [6.07, 6.45) is 0. The first-order valence-corrected chi connectivity index (χ1v) is 16.8. The van der Waals surface area contributed by atoms with Crippen molar-refractivity contribution < 1.29 is 39.6 Å². The molecule has 0 fully saturated rings. The molecule has 0 bridgehead atoms. The zero-order valence-electron chi connectivity index (χ0n) is 28.4. The van der Waals surface area contributed by atoms with Gasteiger partial charge in [0, 0.05) is 0 Å². The Hall–Kier alpha value is -7.58. The predicted octanol–water partition coefficient (Wildman–Crippen LogP) is 10.5. The maximum absolute atomic E-state index is 11.5. The van der Waals surface area contributed by atoms with Gasteiger partial charge in [-0.3, -0.25) is 0 Å². The van der Waals surface area contributed by atoms with E-state index in [0.717, 1.165) is 66.8 Å². The number of hydrogen-bond acceptors (Lipinski definition) is 4. The third-order valence-corrected chi connectivity index (χ3v) is 9.28. The molecule has 0 saturated heterocycles. The standard InChI is InChI=1S/C46H30O8/c47-43(48)33-13-5-29(6-14-33)39-21-37(22-40(25-39)30-7-15-34(16-8-30)44(49)50)27-1-2-28(4-3-27)38-23-41(31-9-17-35(18-10-31)45(51)52)26-42(24-38)32-11-19-36(20-12-32)46(53)54/h1-26H,(H,47,48)(H,49,50)(H,51,52)(H,53,54). The van der Waals surface area contributed by atoms with Crippen molar-refractivity contribution in [3.8, 4) is 66.8 Å². The summed E-state index contributed by atoms with van der Waals surface area (Å²) in [6.45, 7) is 0. The van der Waals surface area contributed by atoms with Gasteiger partial charge in [-0.1, -0.05) is 72.8 Å². The Bertz CT molecular complexity index is 2220. The topological polar surface area (TPSA) is 149 Å². The minimum Gasteiger partial charge on any atom is -0.478 e. The molecule has 0 atom stereocenters. The molecule has 0 saturated carbocycles. The number of carbonyl (C=O) groups is 4. The third kappa shape index (κ3) is 7.39. The van der Waals surface area contributed by atoms with E-state index in [0.29, 0.717) is 0 Å². The summed E-state index contributed by atoms with van der Waals surface area (Å²) in [5, 5.41) is 37.7. The lowest BCUT2D eigenvalue weighted by Crippen LogP contribution is -1.96. The van der Waals surface area contributed by atoms with E-state index in [9.17, 15) is 39.6 Å². The highest BCUT2D eigenvalue weighted by molar-refractivity contribution is 5.92. The zero-order valence-corrected chi connectivity index (χ0v) is 28.4. The van der Waals surface area contributed by atoms with E-state index in [1.807, 2.05) is 60.7 Å². The highest BCUT2D eigenvalue weighted by atomic mass is 16.4. The molecule has 0 aliphatic carbocycles. The summed E-state index contributed by atoms with van der Waals surface area (Å²) in [6, 6.07) is 46.7. The van der Waals surface area contributed by atoms with Crippen LogP contribution in [0.2, 0.25) is 0 Å². The second-order valence-electron chi connectivity index (χ2n) is 12.7. The third-order valence-electron chi connectivity index (χ3n) is 9.28. The molecule has 8 nitrogen and oxygen atoms in total. The zero-order chi connectivity index (χ0) is 37.9. The summed E-state index contributed by atoms with van der Waals surface area (Å²) in [7, 11) is 0. The molecule has 0 aliphatic heterocycles. The fraction of sp³-hybridized carbons (Fsp3) is 0. The SMILES string of the molecule is O=C(O)c1ccc(-c2cc(-c3ccc(C(=O)O)cc3)cc(-c3ccc(-c4cc(-c5ccc(C(=O)O)cc5)cc(-c5ccc(C(=O)O)cc5)c4)cc3)c2)cc1. The van der Waals surface area contributed by atoms with Crippen LogP contribution in [0, 0.1) is 0 Å². The highest BCUT2D eigenvalue weighted by Gasteiger charge is 2.13. The molecule has 7 aromatic carbocycles. The normalized spacial score (nSPS) is 10.8. The molecule has 0 spiro atoms. The molecule has 0 amide bonds. The van der Waals surface area contributed by atoms with E-state index < -0.39 is 23.9 Å². The highest BCUT2D eigenvalue weighted by Crippen LogP contribution is 2.37. The second-order valence-corrected chi connectivity index (χ2v) is 12.7. The van der Waals surface area contributed by atoms with Gasteiger partial charge in [-0.05, 0) is 152 Å². The molecule has 8 heteroatoms. The first kappa shape index (κ1) is 34.9. The van der Waals surface area contributed by atoms with Gasteiger partial charge in [0.05, 0.1) is 22.3 Å². The number of rotatable bonds is 10. The molecule has 0 radical (unpaired) electrons. The molecular weight excluding hydrogens is 680 g/mol. The largest absolute Gasteiger partial charge is 0.478 e. The van der Waals surface area contributed by atoms with Crippen LogP contribution in [0.4, 0.5) is 0 Å². The monoisotopic (exact) mass is 710 g/mol. The molecule has 7 rings (SSSR count). The van der Waals surface area contributed by atoms with Crippen LogP contribution >= 0.6 is 0 Å². The van der Waals surface area contributed by atoms with Crippen LogP contribution in [0.3, 0.4) is 0 Å². The van der Waals surface area contributed by atoms with E-state index in [1.165, 1.54) is 0 Å². The number of benzene rings is 7. The summed E-state index contributed by atoms with van der Waals surface area (Å²) in [5.74, 6) is -4.06. The van der Waals surface area contributed by atoms with Crippen LogP contribution in [0.15, 0.2) is 158 Å². The molecule has 262 valence electrons. The van der Waals surface area contributed by atoms with Gasteiger partial charge in [-0.2, -0.15) is 0 Å². The van der Waals surface area contributed by atoms with Crippen molar-refractivity contribution in [2.24, 2.45) is 0 Å². The average Bonchev–Trinajstić information content (AvgIpc) is 3.20. The Morgan fingerprint density at radius 2 is 0.352 bits per heavy atom. The smallest absolute Gasteiger partial charge is 0.335 e. The van der Waals surface area contributed by atoms with Crippen molar-refractivity contribution in [1.29, 1.82) is 0 Å². The fourth-order valence-corrected chi connectivity index (χ4v) is 6.33. The van der Waals surface area contributed by atoms with E-state index in [4.69, 9.17) is 0 Å². The van der Waals surface area contributed by atoms with E-state index in [2.05, 4.69) is 0 Å². The van der Waals surface area contributed by atoms with Gasteiger partial charge in [0.15, 0.2) is 0 Å². The van der Waals surface area contributed by atoms with Crippen LogP contribution in [-0.2, 0) is 0 Å². The number of carboxylic acids is 4. The molecule has 54 heavy (non-hydrogen) atoms.